The number of carbonyl (C=O) groups excluding carboxylic acids is 2. The fourth-order valence-corrected chi connectivity index (χ4v) is 6.87. The maximum absolute atomic E-state index is 12.9. The van der Waals surface area contributed by atoms with Crippen molar-refractivity contribution in [3.8, 4) is 12.1 Å². The molecule has 1 atom stereocenters. The first-order valence-corrected chi connectivity index (χ1v) is 16.7. The van der Waals surface area contributed by atoms with E-state index in [9.17, 15) is 14.9 Å². The zero-order valence-electron chi connectivity index (χ0n) is 28.7. The van der Waals surface area contributed by atoms with Crippen LogP contribution in [-0.2, 0) is 22.5 Å². The number of likely N-dealkylation sites (N-methyl/N-ethyl adjacent to an activating group) is 1. The third-order valence-electron chi connectivity index (χ3n) is 9.70. The average Bonchev–Trinajstić information content (AvgIpc) is 3.86. The van der Waals surface area contributed by atoms with Gasteiger partial charge in [0, 0.05) is 49.9 Å². The fraction of sp³-hybridized carbons (Fsp3) is 0.486. The molecule has 2 aromatic carbocycles. The number of aryl methyl sites for hydroxylation is 1. The summed E-state index contributed by atoms with van der Waals surface area (Å²) in [5, 5.41) is 12.0. The molecule has 1 saturated carbocycles. The van der Waals surface area contributed by atoms with Crippen molar-refractivity contribution in [2.75, 3.05) is 49.6 Å². The lowest BCUT2D eigenvalue weighted by molar-refractivity contribution is -0.128. The van der Waals surface area contributed by atoms with Crippen LogP contribution in [0, 0.1) is 18.3 Å². The highest BCUT2D eigenvalue weighted by Gasteiger charge is 2.51. The van der Waals surface area contributed by atoms with Crippen LogP contribution in [0.25, 0.3) is 10.8 Å². The molecule has 0 bridgehead atoms. The molecule has 0 spiro atoms. The van der Waals surface area contributed by atoms with Crippen LogP contribution in [0.15, 0.2) is 49.1 Å². The van der Waals surface area contributed by atoms with E-state index in [1.54, 1.807) is 16.8 Å². The number of carbonyl (C=O) groups is 2. The molecule has 6 rings (SSSR count). The summed E-state index contributed by atoms with van der Waals surface area (Å²) >= 11 is 0. The van der Waals surface area contributed by atoms with E-state index >= 15 is 0 Å². The Morgan fingerprint density at radius 1 is 1.12 bits per heavy atom. The standard InChI is InChI=1S/C37H45N7O4/c1-7-31(45)44-21-20-43(22-27(44)14-18-38)33-28-15-19-42(30-13-9-12-26-11-8-10-25(2)32(26)30)23-29(28)39-34(40-33)47-24-37(16-17-37)41(6)35(46)48-36(3,4)5/h7-13,27H,1,14-17,19-24H2,2-6H3/t27-/m0/s1. The van der Waals surface area contributed by atoms with Crippen LogP contribution in [0.1, 0.15) is 56.9 Å². The normalized spacial score (nSPS) is 18.5. The fourth-order valence-electron chi connectivity index (χ4n) is 6.87. The van der Waals surface area contributed by atoms with E-state index in [-0.39, 0.29) is 37.1 Å². The molecule has 2 aliphatic heterocycles. The highest BCUT2D eigenvalue weighted by atomic mass is 16.6. The Morgan fingerprint density at radius 2 is 1.88 bits per heavy atom. The van der Waals surface area contributed by atoms with Crippen molar-refractivity contribution in [1.29, 1.82) is 5.26 Å². The quantitative estimate of drug-likeness (QED) is 0.296. The maximum Gasteiger partial charge on any atom is 0.410 e. The summed E-state index contributed by atoms with van der Waals surface area (Å²) < 4.78 is 12.0. The molecule has 1 aromatic heterocycles. The van der Waals surface area contributed by atoms with E-state index in [0.717, 1.165) is 42.9 Å². The molecule has 0 unspecified atom stereocenters. The van der Waals surface area contributed by atoms with Crippen molar-refractivity contribution < 1.29 is 19.1 Å². The van der Waals surface area contributed by atoms with E-state index in [0.29, 0.717) is 26.2 Å². The Kier molecular flexibility index (Phi) is 8.94. The Balaban J connectivity index is 1.32. The molecule has 11 heteroatoms. The zero-order chi connectivity index (χ0) is 34.2. The minimum absolute atomic E-state index is 0.173. The number of rotatable bonds is 8. The van der Waals surface area contributed by atoms with Crippen molar-refractivity contribution in [3.63, 3.8) is 0 Å². The van der Waals surface area contributed by atoms with Gasteiger partial charge in [-0.3, -0.25) is 4.79 Å². The molecule has 3 aromatic rings. The van der Waals surface area contributed by atoms with E-state index in [1.165, 1.54) is 28.1 Å². The van der Waals surface area contributed by atoms with Crippen LogP contribution >= 0.6 is 0 Å². The van der Waals surface area contributed by atoms with Gasteiger partial charge < -0.3 is 29.1 Å². The lowest BCUT2D eigenvalue weighted by atomic mass is 9.99. The summed E-state index contributed by atoms with van der Waals surface area (Å²) in [7, 11) is 1.76. The molecule has 252 valence electrons. The maximum atomic E-state index is 12.9. The van der Waals surface area contributed by atoms with E-state index in [2.05, 4.69) is 65.8 Å². The zero-order valence-corrected chi connectivity index (χ0v) is 28.7. The molecular weight excluding hydrogens is 606 g/mol. The van der Waals surface area contributed by atoms with Crippen LogP contribution in [0.3, 0.4) is 0 Å². The average molecular weight is 652 g/mol. The van der Waals surface area contributed by atoms with Gasteiger partial charge in [-0.2, -0.15) is 15.2 Å². The van der Waals surface area contributed by atoms with Crippen LogP contribution in [0.5, 0.6) is 6.01 Å². The Bertz CT molecular complexity index is 1770. The molecule has 0 N–H and O–H groups in total. The number of hydrogen-bond donors (Lipinski definition) is 0. The third kappa shape index (κ3) is 6.61. The van der Waals surface area contributed by atoms with Crippen molar-refractivity contribution in [1.82, 2.24) is 19.8 Å². The molecule has 1 aliphatic carbocycles. The second-order valence-electron chi connectivity index (χ2n) is 14.1. The lowest BCUT2D eigenvalue weighted by Crippen LogP contribution is -2.55. The van der Waals surface area contributed by atoms with Crippen molar-refractivity contribution in [2.45, 2.75) is 77.1 Å². The summed E-state index contributed by atoms with van der Waals surface area (Å²) in [6, 6.07) is 15.0. The van der Waals surface area contributed by atoms with E-state index in [4.69, 9.17) is 19.4 Å². The molecule has 11 nitrogen and oxygen atoms in total. The molecule has 3 aliphatic rings. The number of piperazine rings is 1. The summed E-state index contributed by atoms with van der Waals surface area (Å²) in [4.78, 5) is 43.4. The van der Waals surface area contributed by atoms with Gasteiger partial charge in [0.05, 0.1) is 36.3 Å². The first-order chi connectivity index (χ1) is 22.9. The first-order valence-electron chi connectivity index (χ1n) is 16.7. The number of anilines is 2. The van der Waals surface area contributed by atoms with Gasteiger partial charge in [0.15, 0.2) is 0 Å². The molecule has 2 amide bonds. The Morgan fingerprint density at radius 3 is 2.56 bits per heavy atom. The number of nitriles is 1. The van der Waals surface area contributed by atoms with Crippen LogP contribution in [0.2, 0.25) is 0 Å². The van der Waals surface area contributed by atoms with Gasteiger partial charge in [0.25, 0.3) is 0 Å². The summed E-state index contributed by atoms with van der Waals surface area (Å²) in [6.07, 6.45) is 3.46. The largest absolute Gasteiger partial charge is 0.461 e. The van der Waals surface area contributed by atoms with E-state index in [1.807, 2.05) is 20.8 Å². The highest BCUT2D eigenvalue weighted by molar-refractivity contribution is 5.97. The monoisotopic (exact) mass is 651 g/mol. The summed E-state index contributed by atoms with van der Waals surface area (Å²) in [5.74, 6) is 0.608. The van der Waals surface area contributed by atoms with Crippen molar-refractivity contribution >= 4 is 34.3 Å². The molecule has 1 saturated heterocycles. The summed E-state index contributed by atoms with van der Waals surface area (Å²) in [5.41, 5.74) is 3.25. The molecule has 0 radical (unpaired) electrons. The Hall–Kier alpha value is -4.85. The molecule has 2 fully saturated rings. The van der Waals surface area contributed by atoms with Gasteiger partial charge in [0.1, 0.15) is 18.0 Å². The van der Waals surface area contributed by atoms with Gasteiger partial charge in [-0.25, -0.2) is 4.79 Å². The van der Waals surface area contributed by atoms with Gasteiger partial charge >= 0.3 is 12.1 Å². The summed E-state index contributed by atoms with van der Waals surface area (Å²) in [6.45, 7) is 14.5. The van der Waals surface area contributed by atoms with Gasteiger partial charge in [-0.15, -0.1) is 0 Å². The number of amides is 2. The SMILES string of the molecule is C=CC(=O)N1CCN(c2nc(OCC3(N(C)C(=O)OC(C)(C)C)CC3)nc3c2CCN(c2cccc4cccc(C)c24)C3)C[C@@H]1CC#N. The number of fused-ring (bicyclic) bond motifs is 2. The number of ether oxygens (including phenoxy) is 2. The van der Waals surface area contributed by atoms with Crippen LogP contribution < -0.4 is 14.5 Å². The minimum Gasteiger partial charge on any atom is -0.461 e. The number of hydrogen-bond acceptors (Lipinski definition) is 9. The molecule has 3 heterocycles. The van der Waals surface area contributed by atoms with Crippen LogP contribution in [-0.4, -0.2) is 88.8 Å². The lowest BCUT2D eigenvalue weighted by Gasteiger charge is -2.42. The number of nitrogens with zero attached hydrogens (tertiary/aromatic N) is 7. The molecule has 48 heavy (non-hydrogen) atoms. The number of aromatic nitrogens is 2. The van der Waals surface area contributed by atoms with Crippen molar-refractivity contribution in [2.24, 2.45) is 0 Å². The second kappa shape index (κ2) is 13.0. The van der Waals surface area contributed by atoms with Gasteiger partial charge in [-0.05, 0) is 70.0 Å². The highest BCUT2D eigenvalue weighted by Crippen LogP contribution is 2.42. The predicted molar refractivity (Wildman–Crippen MR) is 185 cm³/mol. The molecular formula is C37H45N7O4. The topological polar surface area (TPSA) is 115 Å². The van der Waals surface area contributed by atoms with Gasteiger partial charge in [-0.1, -0.05) is 36.9 Å². The van der Waals surface area contributed by atoms with Gasteiger partial charge in [0.2, 0.25) is 5.91 Å². The van der Waals surface area contributed by atoms with Crippen LogP contribution in [0.4, 0.5) is 16.3 Å². The smallest absolute Gasteiger partial charge is 0.410 e. The number of benzene rings is 2. The second-order valence-corrected chi connectivity index (χ2v) is 14.1. The third-order valence-corrected chi connectivity index (χ3v) is 9.70. The minimum atomic E-state index is -0.600. The Labute approximate surface area is 282 Å². The van der Waals surface area contributed by atoms with E-state index < -0.39 is 11.1 Å². The van der Waals surface area contributed by atoms with Crippen molar-refractivity contribution in [3.05, 3.63) is 65.9 Å². The first kappa shape index (κ1) is 33.1. The predicted octanol–water partition coefficient (Wildman–Crippen LogP) is 5.40.